The number of ketones is 1. The zero-order valence-electron chi connectivity index (χ0n) is 18.9. The Hall–Kier alpha value is -4.59. The maximum absolute atomic E-state index is 13.0. The van der Waals surface area contributed by atoms with Crippen molar-refractivity contribution in [2.24, 2.45) is 0 Å². The minimum atomic E-state index is -0.786. The van der Waals surface area contributed by atoms with Crippen LogP contribution in [0.4, 0.5) is 5.69 Å². The highest BCUT2D eigenvalue weighted by Crippen LogP contribution is 2.29. The summed E-state index contributed by atoms with van der Waals surface area (Å²) in [7, 11) is 0. The van der Waals surface area contributed by atoms with Gasteiger partial charge >= 0.3 is 11.9 Å². The molecule has 0 aromatic heterocycles. The number of amides is 2. The lowest BCUT2D eigenvalue weighted by molar-refractivity contribution is 0.0474. The number of carbonyl (C=O) groups excluding carboxylic acids is 5. The molecular weight excluding hydrogens is 450 g/mol. The van der Waals surface area contributed by atoms with Gasteiger partial charge in [-0.05, 0) is 48.9 Å². The SMILES string of the molecule is CCCOC(=O)c1ccc(N2C(=O)c3ccc(C(=O)OCC(=O)c4ccccc4)cc3C2=O)cc1. The number of benzene rings is 3. The standard InChI is InChI=1S/C27H21NO7/c1-2-14-34-26(32)18-8-11-20(12-9-18)28-24(30)21-13-10-19(15-22(21)25(28)31)27(33)35-16-23(29)17-6-4-3-5-7-17/h3-13,15H,2,14,16H2,1H3. The van der Waals surface area contributed by atoms with Gasteiger partial charge in [-0.25, -0.2) is 14.5 Å². The summed E-state index contributed by atoms with van der Waals surface area (Å²) in [6, 6.07) is 18.3. The van der Waals surface area contributed by atoms with Crippen molar-refractivity contribution >= 4 is 35.2 Å². The van der Waals surface area contributed by atoms with Crippen LogP contribution < -0.4 is 4.90 Å². The first-order valence-electron chi connectivity index (χ1n) is 11.0. The maximum atomic E-state index is 13.0. The Bertz CT molecular complexity index is 1310. The molecule has 176 valence electrons. The van der Waals surface area contributed by atoms with Crippen molar-refractivity contribution in [3.63, 3.8) is 0 Å². The van der Waals surface area contributed by atoms with Crippen molar-refractivity contribution in [2.75, 3.05) is 18.1 Å². The summed E-state index contributed by atoms with van der Waals surface area (Å²) in [5, 5.41) is 0. The molecular formula is C27H21NO7. The number of hydrogen-bond donors (Lipinski definition) is 0. The van der Waals surface area contributed by atoms with Crippen molar-refractivity contribution in [3.05, 3.63) is 101 Å². The highest BCUT2D eigenvalue weighted by molar-refractivity contribution is 6.34. The molecule has 4 rings (SSSR count). The number of fused-ring (bicyclic) bond motifs is 1. The van der Waals surface area contributed by atoms with Crippen molar-refractivity contribution in [2.45, 2.75) is 13.3 Å². The number of esters is 2. The van der Waals surface area contributed by atoms with Crippen LogP contribution in [0.3, 0.4) is 0 Å². The topological polar surface area (TPSA) is 107 Å². The number of hydrogen-bond acceptors (Lipinski definition) is 7. The second-order valence-corrected chi connectivity index (χ2v) is 7.75. The van der Waals surface area contributed by atoms with Crippen molar-refractivity contribution in [3.8, 4) is 0 Å². The Labute approximate surface area is 201 Å². The molecule has 3 aromatic carbocycles. The molecule has 8 nitrogen and oxygen atoms in total. The van der Waals surface area contributed by atoms with Gasteiger partial charge in [0, 0.05) is 5.56 Å². The third-order valence-corrected chi connectivity index (χ3v) is 5.35. The van der Waals surface area contributed by atoms with E-state index in [2.05, 4.69) is 0 Å². The first-order valence-corrected chi connectivity index (χ1v) is 11.0. The molecule has 1 aliphatic rings. The first kappa shape index (κ1) is 23.6. The molecule has 8 heteroatoms. The fraction of sp³-hybridized carbons (Fsp3) is 0.148. The first-order chi connectivity index (χ1) is 16.9. The summed E-state index contributed by atoms with van der Waals surface area (Å²) in [6.45, 7) is 1.73. The van der Waals surface area contributed by atoms with Gasteiger partial charge in [0.1, 0.15) is 0 Å². The monoisotopic (exact) mass is 471 g/mol. The van der Waals surface area contributed by atoms with Gasteiger partial charge in [-0.2, -0.15) is 0 Å². The number of carbonyl (C=O) groups is 5. The molecule has 0 saturated heterocycles. The molecule has 3 aromatic rings. The van der Waals surface area contributed by atoms with Gasteiger partial charge in [0.15, 0.2) is 12.4 Å². The van der Waals surface area contributed by atoms with E-state index in [1.54, 1.807) is 30.3 Å². The van der Waals surface area contributed by atoms with Crippen LogP contribution in [0.1, 0.15) is 65.1 Å². The average molecular weight is 471 g/mol. The second kappa shape index (κ2) is 10.1. The second-order valence-electron chi connectivity index (χ2n) is 7.75. The third kappa shape index (κ3) is 4.86. The molecule has 0 unspecified atom stereocenters. The Morgan fingerprint density at radius 1 is 0.714 bits per heavy atom. The van der Waals surface area contributed by atoms with E-state index in [1.807, 2.05) is 6.92 Å². The van der Waals surface area contributed by atoms with Crippen LogP contribution in [0.5, 0.6) is 0 Å². The predicted octanol–water partition coefficient (Wildman–Crippen LogP) is 4.09. The lowest BCUT2D eigenvalue weighted by Gasteiger charge is -2.14. The average Bonchev–Trinajstić information content (AvgIpc) is 3.15. The van der Waals surface area contributed by atoms with Crippen LogP contribution in [-0.2, 0) is 9.47 Å². The Morgan fingerprint density at radius 3 is 2.03 bits per heavy atom. The number of rotatable bonds is 8. The van der Waals surface area contributed by atoms with Crippen LogP contribution in [0.15, 0.2) is 72.8 Å². The lowest BCUT2D eigenvalue weighted by Crippen LogP contribution is -2.29. The molecule has 0 radical (unpaired) electrons. The largest absolute Gasteiger partial charge is 0.462 e. The quantitative estimate of drug-likeness (QED) is 0.277. The molecule has 1 aliphatic heterocycles. The minimum absolute atomic E-state index is 0.0432. The molecule has 0 aliphatic carbocycles. The molecule has 0 spiro atoms. The predicted molar refractivity (Wildman–Crippen MR) is 126 cm³/mol. The minimum Gasteiger partial charge on any atom is -0.462 e. The highest BCUT2D eigenvalue weighted by atomic mass is 16.5. The van der Waals surface area contributed by atoms with Crippen LogP contribution in [0.25, 0.3) is 0 Å². The fourth-order valence-electron chi connectivity index (χ4n) is 3.55. The molecule has 0 bridgehead atoms. The third-order valence-electron chi connectivity index (χ3n) is 5.35. The van der Waals surface area contributed by atoms with Gasteiger partial charge in [0.2, 0.25) is 0 Å². The van der Waals surface area contributed by atoms with E-state index in [-0.39, 0.29) is 28.2 Å². The van der Waals surface area contributed by atoms with E-state index in [9.17, 15) is 24.0 Å². The zero-order chi connectivity index (χ0) is 24.9. The van der Waals surface area contributed by atoms with Gasteiger partial charge in [-0.3, -0.25) is 14.4 Å². The Morgan fingerprint density at radius 2 is 1.34 bits per heavy atom. The van der Waals surface area contributed by atoms with Crippen LogP contribution in [-0.4, -0.2) is 42.7 Å². The molecule has 2 amide bonds. The van der Waals surface area contributed by atoms with E-state index in [0.29, 0.717) is 24.2 Å². The lowest BCUT2D eigenvalue weighted by atomic mass is 10.1. The Balaban J connectivity index is 1.47. The molecule has 0 atom stereocenters. The van der Waals surface area contributed by atoms with Crippen molar-refractivity contribution in [1.29, 1.82) is 0 Å². The molecule has 0 saturated carbocycles. The smallest absolute Gasteiger partial charge is 0.338 e. The summed E-state index contributed by atoms with van der Waals surface area (Å²) < 4.78 is 10.2. The summed E-state index contributed by atoms with van der Waals surface area (Å²) in [5.74, 6) is -2.80. The van der Waals surface area contributed by atoms with Gasteiger partial charge < -0.3 is 9.47 Å². The maximum Gasteiger partial charge on any atom is 0.338 e. The van der Waals surface area contributed by atoms with Gasteiger partial charge in [-0.15, -0.1) is 0 Å². The zero-order valence-corrected chi connectivity index (χ0v) is 18.9. The highest BCUT2D eigenvalue weighted by Gasteiger charge is 2.37. The summed E-state index contributed by atoms with van der Waals surface area (Å²) in [4.78, 5) is 63.5. The number of imide groups is 1. The van der Waals surface area contributed by atoms with Gasteiger partial charge in [-0.1, -0.05) is 37.3 Å². The van der Waals surface area contributed by atoms with E-state index < -0.39 is 30.4 Å². The normalized spacial score (nSPS) is 12.3. The summed E-state index contributed by atoms with van der Waals surface area (Å²) >= 11 is 0. The van der Waals surface area contributed by atoms with Crippen LogP contribution in [0, 0.1) is 0 Å². The van der Waals surface area contributed by atoms with Crippen molar-refractivity contribution in [1.82, 2.24) is 0 Å². The van der Waals surface area contributed by atoms with Crippen LogP contribution in [0.2, 0.25) is 0 Å². The van der Waals surface area contributed by atoms with Gasteiger partial charge in [0.25, 0.3) is 11.8 Å². The molecule has 0 fully saturated rings. The fourth-order valence-corrected chi connectivity index (χ4v) is 3.55. The summed E-state index contributed by atoms with van der Waals surface area (Å²) in [6.07, 6.45) is 0.692. The molecule has 35 heavy (non-hydrogen) atoms. The number of ether oxygens (including phenoxy) is 2. The van der Waals surface area contributed by atoms with E-state index in [1.165, 1.54) is 42.5 Å². The number of nitrogens with zero attached hydrogens (tertiary/aromatic N) is 1. The molecule has 1 heterocycles. The van der Waals surface area contributed by atoms with E-state index in [4.69, 9.17) is 9.47 Å². The molecule has 0 N–H and O–H groups in total. The summed E-state index contributed by atoms with van der Waals surface area (Å²) in [5.41, 5.74) is 1.22. The van der Waals surface area contributed by atoms with Crippen molar-refractivity contribution < 1.29 is 33.4 Å². The number of anilines is 1. The Kier molecular flexibility index (Phi) is 6.82. The van der Waals surface area contributed by atoms with Gasteiger partial charge in [0.05, 0.1) is 34.5 Å². The van der Waals surface area contributed by atoms with E-state index >= 15 is 0 Å². The van der Waals surface area contributed by atoms with E-state index in [0.717, 1.165) is 4.90 Å². The van der Waals surface area contributed by atoms with Crippen LogP contribution >= 0.6 is 0 Å². The number of Topliss-reactive ketones (excluding diaryl/α,β-unsaturated/α-hetero) is 1.